The number of hydrogen-bond acceptors (Lipinski definition) is 6. The summed E-state index contributed by atoms with van der Waals surface area (Å²) < 4.78 is 5.15. The molecule has 0 radical (unpaired) electrons. The minimum absolute atomic E-state index is 0.530. The molecule has 2 aromatic rings. The molecule has 1 N–H and O–H groups in total. The zero-order chi connectivity index (χ0) is 13.7. The molecular weight excluding hydrogens is 242 g/mol. The molecule has 1 heterocycles. The Balaban J connectivity index is 2.21. The second kappa shape index (κ2) is 5.69. The molecule has 1 aromatic carbocycles. The number of rotatable bonds is 4. The Hall–Kier alpha value is -2.81. The third-order valence-corrected chi connectivity index (χ3v) is 2.49. The second-order valence-corrected chi connectivity index (χ2v) is 3.78. The van der Waals surface area contributed by atoms with Crippen LogP contribution < -0.4 is 15.0 Å². The lowest BCUT2D eigenvalue weighted by atomic mass is 10.3. The number of benzene rings is 1. The van der Waals surface area contributed by atoms with Crippen LogP contribution >= 0.6 is 0 Å². The van der Waals surface area contributed by atoms with Crippen molar-refractivity contribution >= 4 is 17.3 Å². The molecule has 0 aliphatic heterocycles. The number of anilines is 3. The van der Waals surface area contributed by atoms with E-state index in [9.17, 15) is 0 Å². The minimum Gasteiger partial charge on any atom is -0.497 e. The van der Waals surface area contributed by atoms with Gasteiger partial charge in [-0.2, -0.15) is 5.26 Å². The van der Waals surface area contributed by atoms with E-state index < -0.39 is 0 Å². The topological polar surface area (TPSA) is 74.1 Å². The van der Waals surface area contributed by atoms with Crippen molar-refractivity contribution in [3.05, 3.63) is 36.7 Å². The fourth-order valence-electron chi connectivity index (χ4n) is 1.50. The Morgan fingerprint density at radius 2 is 2.16 bits per heavy atom. The van der Waals surface area contributed by atoms with Gasteiger partial charge >= 0.3 is 0 Å². The van der Waals surface area contributed by atoms with E-state index in [4.69, 9.17) is 10.00 Å². The summed E-state index contributed by atoms with van der Waals surface area (Å²) >= 11 is 0. The van der Waals surface area contributed by atoms with Gasteiger partial charge in [-0.15, -0.1) is 0 Å². The monoisotopic (exact) mass is 255 g/mol. The van der Waals surface area contributed by atoms with Crippen LogP contribution in [0.1, 0.15) is 0 Å². The molecule has 19 heavy (non-hydrogen) atoms. The van der Waals surface area contributed by atoms with Gasteiger partial charge < -0.3 is 10.1 Å². The Morgan fingerprint density at radius 3 is 2.89 bits per heavy atom. The van der Waals surface area contributed by atoms with Crippen molar-refractivity contribution in [2.24, 2.45) is 0 Å². The third kappa shape index (κ3) is 3.10. The number of aromatic nitrogens is 2. The lowest BCUT2D eigenvalue weighted by Gasteiger charge is -2.10. The van der Waals surface area contributed by atoms with Crippen LogP contribution in [0.3, 0.4) is 0 Å². The highest BCUT2D eigenvalue weighted by molar-refractivity contribution is 5.61. The van der Waals surface area contributed by atoms with Crippen molar-refractivity contribution in [1.29, 1.82) is 5.26 Å². The van der Waals surface area contributed by atoms with Crippen LogP contribution in [0, 0.1) is 11.5 Å². The highest BCUT2D eigenvalue weighted by Crippen LogP contribution is 2.21. The van der Waals surface area contributed by atoms with Crippen molar-refractivity contribution in [3.63, 3.8) is 0 Å². The first-order valence-corrected chi connectivity index (χ1v) is 5.59. The van der Waals surface area contributed by atoms with Crippen LogP contribution in [-0.2, 0) is 0 Å². The first-order chi connectivity index (χ1) is 9.22. The largest absolute Gasteiger partial charge is 0.497 e. The zero-order valence-corrected chi connectivity index (χ0v) is 10.7. The molecule has 0 bridgehead atoms. The number of hydrogen-bond donors (Lipinski definition) is 1. The highest BCUT2D eigenvalue weighted by atomic mass is 16.5. The Morgan fingerprint density at radius 1 is 1.32 bits per heavy atom. The van der Waals surface area contributed by atoms with E-state index in [0.717, 1.165) is 11.4 Å². The standard InChI is InChI=1S/C13H13N5O/c1-18(8-14)13-7-12(15-9-16-13)17-10-4-3-5-11(6-10)19-2/h3-7,9H,1-2H3,(H,15,16,17). The molecule has 0 atom stereocenters. The number of methoxy groups -OCH3 is 1. The molecule has 96 valence electrons. The first-order valence-electron chi connectivity index (χ1n) is 5.59. The van der Waals surface area contributed by atoms with Crippen molar-refractivity contribution in [2.45, 2.75) is 0 Å². The summed E-state index contributed by atoms with van der Waals surface area (Å²) in [6.45, 7) is 0. The van der Waals surface area contributed by atoms with E-state index in [-0.39, 0.29) is 0 Å². The van der Waals surface area contributed by atoms with Crippen molar-refractivity contribution < 1.29 is 4.74 Å². The summed E-state index contributed by atoms with van der Waals surface area (Å²) in [6.07, 6.45) is 3.39. The van der Waals surface area contributed by atoms with Crippen molar-refractivity contribution in [1.82, 2.24) is 9.97 Å². The second-order valence-electron chi connectivity index (χ2n) is 3.78. The normalized spacial score (nSPS) is 9.53. The maximum absolute atomic E-state index is 8.82. The molecule has 6 nitrogen and oxygen atoms in total. The average Bonchev–Trinajstić information content (AvgIpc) is 2.47. The molecule has 0 aliphatic carbocycles. The van der Waals surface area contributed by atoms with Gasteiger partial charge in [0.15, 0.2) is 6.19 Å². The summed E-state index contributed by atoms with van der Waals surface area (Å²) in [5, 5.41) is 11.9. The van der Waals surface area contributed by atoms with Gasteiger partial charge in [-0.25, -0.2) is 9.97 Å². The van der Waals surface area contributed by atoms with Gasteiger partial charge in [-0.05, 0) is 12.1 Å². The molecule has 1 aromatic heterocycles. The lowest BCUT2D eigenvalue weighted by molar-refractivity contribution is 0.415. The van der Waals surface area contributed by atoms with E-state index in [2.05, 4.69) is 15.3 Å². The first kappa shape index (κ1) is 12.6. The number of ether oxygens (including phenoxy) is 1. The predicted octanol–water partition coefficient (Wildman–Crippen LogP) is 2.15. The SMILES string of the molecule is COc1cccc(Nc2cc(N(C)C#N)ncn2)c1. The van der Waals surface area contributed by atoms with E-state index in [1.807, 2.05) is 30.5 Å². The van der Waals surface area contributed by atoms with Gasteiger partial charge in [0.2, 0.25) is 0 Å². The van der Waals surface area contributed by atoms with E-state index in [0.29, 0.717) is 11.6 Å². The molecule has 0 spiro atoms. The Labute approximate surface area is 111 Å². The highest BCUT2D eigenvalue weighted by Gasteiger charge is 2.04. The van der Waals surface area contributed by atoms with Crippen molar-refractivity contribution in [3.8, 4) is 11.9 Å². The van der Waals surface area contributed by atoms with Gasteiger partial charge in [0.25, 0.3) is 0 Å². The zero-order valence-electron chi connectivity index (χ0n) is 10.7. The molecular formula is C13H13N5O. The van der Waals surface area contributed by atoms with Gasteiger partial charge in [-0.1, -0.05) is 6.07 Å². The van der Waals surface area contributed by atoms with Gasteiger partial charge in [0, 0.05) is 24.9 Å². The molecule has 2 rings (SSSR count). The number of nitrogens with zero attached hydrogens (tertiary/aromatic N) is 4. The van der Waals surface area contributed by atoms with E-state index in [1.54, 1.807) is 20.2 Å². The maximum atomic E-state index is 8.82. The van der Waals surface area contributed by atoms with Crippen LogP contribution in [0.15, 0.2) is 36.7 Å². The summed E-state index contributed by atoms with van der Waals surface area (Å²) in [7, 11) is 3.25. The van der Waals surface area contributed by atoms with Crippen LogP contribution in [0.2, 0.25) is 0 Å². The molecule has 0 aliphatic rings. The van der Waals surface area contributed by atoms with E-state index >= 15 is 0 Å². The Bertz CT molecular complexity index is 608. The van der Waals surface area contributed by atoms with Crippen LogP contribution in [-0.4, -0.2) is 24.1 Å². The fourth-order valence-corrected chi connectivity index (χ4v) is 1.50. The lowest BCUT2D eigenvalue weighted by Crippen LogP contribution is -2.10. The summed E-state index contributed by atoms with van der Waals surface area (Å²) in [6, 6.07) is 9.20. The smallest absolute Gasteiger partial charge is 0.185 e. The van der Waals surface area contributed by atoms with Gasteiger partial charge in [0.05, 0.1) is 7.11 Å². The van der Waals surface area contributed by atoms with Crippen LogP contribution in [0.4, 0.5) is 17.3 Å². The third-order valence-electron chi connectivity index (χ3n) is 2.49. The van der Waals surface area contributed by atoms with Gasteiger partial charge in [-0.3, -0.25) is 4.90 Å². The summed E-state index contributed by atoms with van der Waals surface area (Å²) in [5.41, 5.74) is 0.851. The molecule has 6 heteroatoms. The minimum atomic E-state index is 0.530. The predicted molar refractivity (Wildman–Crippen MR) is 72.3 cm³/mol. The summed E-state index contributed by atoms with van der Waals surface area (Å²) in [5.74, 6) is 1.90. The quantitative estimate of drug-likeness (QED) is 0.666. The molecule has 0 fully saturated rings. The molecule has 0 saturated heterocycles. The van der Waals surface area contributed by atoms with Crippen LogP contribution in [0.25, 0.3) is 0 Å². The Kier molecular flexibility index (Phi) is 3.78. The molecule has 0 saturated carbocycles. The van der Waals surface area contributed by atoms with Gasteiger partial charge in [0.1, 0.15) is 23.7 Å². The fraction of sp³-hybridized carbons (Fsp3) is 0.154. The molecule has 0 unspecified atom stereocenters. The average molecular weight is 255 g/mol. The van der Waals surface area contributed by atoms with Crippen LogP contribution in [0.5, 0.6) is 5.75 Å². The molecule has 0 amide bonds. The van der Waals surface area contributed by atoms with E-state index in [1.165, 1.54) is 11.2 Å². The van der Waals surface area contributed by atoms with Crippen molar-refractivity contribution in [2.75, 3.05) is 24.4 Å². The number of nitrogens with one attached hydrogen (secondary N) is 1. The number of nitriles is 1. The maximum Gasteiger partial charge on any atom is 0.185 e. The summed E-state index contributed by atoms with van der Waals surface area (Å²) in [4.78, 5) is 9.48.